The molecule has 0 fully saturated rings. The maximum absolute atomic E-state index is 14.1. The largest absolute Gasteiger partial charge is 0.354 e. The van der Waals surface area contributed by atoms with Crippen LogP contribution in [0.15, 0.2) is 71.6 Å². The number of anilines is 1. The highest BCUT2D eigenvalue weighted by atomic mass is 35.5. The molecule has 0 heterocycles. The standard InChI is InChI=1S/C29H32Cl3N3O4S/c1-4-14-33-29(37)27(5-2)34(18-21-8-6-7-9-26(21)32)28(36)19-35(24-16-22(30)15-23(31)17-24)40(38,39)25-12-10-20(3)11-13-25/h6-13,15-17,27H,4-5,14,18-19H2,1-3H3,(H,33,37)/t27-/m1/s1. The Morgan fingerprint density at radius 1 is 0.925 bits per heavy atom. The van der Waals surface area contributed by atoms with Gasteiger partial charge in [-0.1, -0.05) is 84.5 Å². The number of benzene rings is 3. The van der Waals surface area contributed by atoms with Crippen LogP contribution in [0.2, 0.25) is 15.1 Å². The SMILES string of the molecule is CCCNC(=O)[C@@H](CC)N(Cc1ccccc1Cl)C(=O)CN(c1cc(Cl)cc(Cl)c1)S(=O)(=O)c1ccc(C)cc1. The van der Waals surface area contributed by atoms with Crippen LogP contribution < -0.4 is 9.62 Å². The normalized spacial score (nSPS) is 12.1. The van der Waals surface area contributed by atoms with Gasteiger partial charge in [0, 0.05) is 28.2 Å². The molecule has 1 N–H and O–H groups in total. The lowest BCUT2D eigenvalue weighted by Gasteiger charge is -2.33. The lowest BCUT2D eigenvalue weighted by atomic mass is 10.1. The number of carbonyl (C=O) groups is 2. The molecule has 0 aliphatic rings. The van der Waals surface area contributed by atoms with Gasteiger partial charge < -0.3 is 10.2 Å². The molecule has 214 valence electrons. The molecule has 40 heavy (non-hydrogen) atoms. The van der Waals surface area contributed by atoms with Crippen molar-refractivity contribution in [2.75, 3.05) is 17.4 Å². The second-order valence-corrected chi connectivity index (χ2v) is 12.4. The van der Waals surface area contributed by atoms with E-state index in [0.29, 0.717) is 23.6 Å². The van der Waals surface area contributed by atoms with Gasteiger partial charge in [0.15, 0.2) is 0 Å². The van der Waals surface area contributed by atoms with Crippen molar-refractivity contribution in [2.24, 2.45) is 0 Å². The smallest absolute Gasteiger partial charge is 0.264 e. The molecule has 0 aromatic heterocycles. The molecule has 0 unspecified atom stereocenters. The number of hydrogen-bond donors (Lipinski definition) is 1. The van der Waals surface area contributed by atoms with Crippen LogP contribution in [0, 0.1) is 6.92 Å². The molecule has 1 atom stereocenters. The summed E-state index contributed by atoms with van der Waals surface area (Å²) in [5, 5.41) is 3.69. The third-order valence-electron chi connectivity index (χ3n) is 6.26. The van der Waals surface area contributed by atoms with E-state index in [4.69, 9.17) is 34.8 Å². The van der Waals surface area contributed by atoms with Crippen molar-refractivity contribution >= 4 is 62.3 Å². The van der Waals surface area contributed by atoms with Crippen molar-refractivity contribution in [3.05, 3.63) is 92.9 Å². The zero-order valence-electron chi connectivity index (χ0n) is 22.5. The van der Waals surface area contributed by atoms with E-state index in [1.54, 1.807) is 43.3 Å². The van der Waals surface area contributed by atoms with Gasteiger partial charge in [0.05, 0.1) is 10.6 Å². The molecule has 0 bridgehead atoms. The van der Waals surface area contributed by atoms with Crippen molar-refractivity contribution in [3.8, 4) is 0 Å². The molecule has 0 radical (unpaired) electrons. The summed E-state index contributed by atoms with van der Waals surface area (Å²) < 4.78 is 28.8. The summed E-state index contributed by atoms with van der Waals surface area (Å²) in [6.45, 7) is 5.41. The van der Waals surface area contributed by atoms with Crippen LogP contribution in [0.25, 0.3) is 0 Å². The number of nitrogens with zero attached hydrogens (tertiary/aromatic N) is 2. The lowest BCUT2D eigenvalue weighted by Crippen LogP contribution is -2.52. The van der Waals surface area contributed by atoms with E-state index in [9.17, 15) is 18.0 Å². The van der Waals surface area contributed by atoms with Crippen LogP contribution in [0.3, 0.4) is 0 Å². The zero-order chi connectivity index (χ0) is 29.4. The van der Waals surface area contributed by atoms with E-state index < -0.39 is 28.5 Å². The number of halogens is 3. The van der Waals surface area contributed by atoms with Crippen molar-refractivity contribution in [2.45, 2.75) is 51.1 Å². The van der Waals surface area contributed by atoms with Gasteiger partial charge in [-0.3, -0.25) is 13.9 Å². The highest BCUT2D eigenvalue weighted by molar-refractivity contribution is 7.92. The maximum atomic E-state index is 14.1. The summed E-state index contributed by atoms with van der Waals surface area (Å²) in [4.78, 5) is 28.6. The minimum absolute atomic E-state index is 0.00524. The average molecular weight is 625 g/mol. The monoisotopic (exact) mass is 623 g/mol. The minimum Gasteiger partial charge on any atom is -0.354 e. The first-order valence-corrected chi connectivity index (χ1v) is 15.4. The van der Waals surface area contributed by atoms with Crippen LogP contribution in [-0.2, 0) is 26.2 Å². The van der Waals surface area contributed by atoms with Crippen LogP contribution in [0.4, 0.5) is 5.69 Å². The summed E-state index contributed by atoms with van der Waals surface area (Å²) >= 11 is 18.9. The van der Waals surface area contributed by atoms with E-state index in [1.165, 1.54) is 35.2 Å². The molecule has 0 saturated carbocycles. The van der Waals surface area contributed by atoms with Crippen LogP contribution in [0.5, 0.6) is 0 Å². The number of nitrogens with one attached hydrogen (secondary N) is 1. The summed E-state index contributed by atoms with van der Waals surface area (Å²) in [7, 11) is -4.24. The first kappa shape index (κ1) is 31.7. The summed E-state index contributed by atoms with van der Waals surface area (Å²) in [6, 6.07) is 16.8. The number of aryl methyl sites for hydroxylation is 1. The van der Waals surface area contributed by atoms with Crippen LogP contribution in [-0.4, -0.2) is 44.3 Å². The number of sulfonamides is 1. The van der Waals surface area contributed by atoms with E-state index in [-0.39, 0.29) is 33.1 Å². The second kappa shape index (κ2) is 14.2. The third-order valence-corrected chi connectivity index (χ3v) is 8.85. The molecule has 0 aliphatic heterocycles. The Morgan fingerprint density at radius 2 is 1.55 bits per heavy atom. The molecule has 7 nitrogen and oxygen atoms in total. The highest BCUT2D eigenvalue weighted by Gasteiger charge is 2.34. The molecular formula is C29H32Cl3N3O4S. The molecule has 0 spiro atoms. The Kier molecular flexibility index (Phi) is 11.3. The van der Waals surface area contributed by atoms with Crippen molar-refractivity contribution < 1.29 is 18.0 Å². The molecule has 3 rings (SSSR count). The number of rotatable bonds is 12. The van der Waals surface area contributed by atoms with Crippen LogP contribution in [0.1, 0.15) is 37.8 Å². The summed E-state index contributed by atoms with van der Waals surface area (Å²) in [6.07, 6.45) is 1.03. The van der Waals surface area contributed by atoms with Gasteiger partial charge >= 0.3 is 0 Å². The quantitative estimate of drug-likeness (QED) is 0.250. The third kappa shape index (κ3) is 7.91. The predicted octanol–water partition coefficient (Wildman–Crippen LogP) is 6.48. The predicted molar refractivity (Wildman–Crippen MR) is 162 cm³/mol. The number of amides is 2. The summed E-state index contributed by atoms with van der Waals surface area (Å²) in [5.41, 5.74) is 1.62. The topological polar surface area (TPSA) is 86.8 Å². The Balaban J connectivity index is 2.10. The first-order valence-electron chi connectivity index (χ1n) is 12.8. The second-order valence-electron chi connectivity index (χ2n) is 9.28. The van der Waals surface area contributed by atoms with E-state index >= 15 is 0 Å². The van der Waals surface area contributed by atoms with Crippen molar-refractivity contribution in [3.63, 3.8) is 0 Å². The molecule has 0 saturated heterocycles. The fourth-order valence-electron chi connectivity index (χ4n) is 4.15. The average Bonchev–Trinajstić information content (AvgIpc) is 2.90. The Hall–Kier alpha value is -2.78. The van der Waals surface area contributed by atoms with Gasteiger partial charge in [-0.2, -0.15) is 0 Å². The molecular weight excluding hydrogens is 593 g/mol. The lowest BCUT2D eigenvalue weighted by molar-refractivity contribution is -0.140. The van der Waals surface area contributed by atoms with Gasteiger partial charge in [-0.05, 0) is 61.7 Å². The fraction of sp³-hybridized carbons (Fsp3) is 0.310. The van der Waals surface area contributed by atoms with Crippen molar-refractivity contribution in [1.29, 1.82) is 0 Å². The van der Waals surface area contributed by atoms with E-state index in [2.05, 4.69) is 5.32 Å². The minimum atomic E-state index is -4.24. The van der Waals surface area contributed by atoms with Gasteiger partial charge in [0.25, 0.3) is 10.0 Å². The summed E-state index contributed by atoms with van der Waals surface area (Å²) in [5.74, 6) is -0.923. The molecule has 0 aliphatic carbocycles. The number of hydrogen-bond acceptors (Lipinski definition) is 4. The number of carbonyl (C=O) groups excluding carboxylic acids is 2. The van der Waals surface area contributed by atoms with E-state index in [0.717, 1.165) is 16.3 Å². The molecule has 11 heteroatoms. The van der Waals surface area contributed by atoms with Crippen LogP contribution >= 0.6 is 34.8 Å². The van der Waals surface area contributed by atoms with Gasteiger partial charge in [0.2, 0.25) is 11.8 Å². The Bertz CT molecular complexity index is 1430. The Labute approximate surface area is 251 Å². The van der Waals surface area contributed by atoms with Crippen molar-refractivity contribution in [1.82, 2.24) is 10.2 Å². The zero-order valence-corrected chi connectivity index (χ0v) is 25.6. The molecule has 3 aromatic carbocycles. The van der Waals surface area contributed by atoms with E-state index in [1.807, 2.05) is 13.8 Å². The molecule has 3 aromatic rings. The fourth-order valence-corrected chi connectivity index (χ4v) is 6.25. The Morgan fingerprint density at radius 3 is 2.12 bits per heavy atom. The van der Waals surface area contributed by atoms with Gasteiger partial charge in [0.1, 0.15) is 12.6 Å². The first-order chi connectivity index (χ1) is 19.0. The molecule has 2 amide bonds. The van der Waals surface area contributed by atoms with Gasteiger partial charge in [-0.15, -0.1) is 0 Å². The highest BCUT2D eigenvalue weighted by Crippen LogP contribution is 2.30. The van der Waals surface area contributed by atoms with Gasteiger partial charge in [-0.25, -0.2) is 8.42 Å². The maximum Gasteiger partial charge on any atom is 0.264 e.